The number of thiazole rings is 1. The number of hydrogen-bond donors (Lipinski definition) is 0. The Balaban J connectivity index is 1.53. The molecule has 5 rings (SSSR count). The van der Waals surface area contributed by atoms with E-state index in [0.29, 0.717) is 39.4 Å². The Morgan fingerprint density at radius 3 is 2.54 bits per heavy atom. The lowest BCUT2D eigenvalue weighted by Crippen LogP contribution is -2.40. The SMILES string of the molecule is CCC1=C(C(=O)OC)[C@@H](c2ccccc2)n2c(s/c(=C\c3ccc(OCc4ccc(I)cc4)c(Br)c3)c2=O)=N1. The first-order chi connectivity index (χ1) is 18.9. The average molecular weight is 715 g/mol. The average Bonchev–Trinajstić information content (AvgIpc) is 3.26. The van der Waals surface area contributed by atoms with Crippen LogP contribution in [-0.2, 0) is 16.1 Å². The highest BCUT2D eigenvalue weighted by Crippen LogP contribution is 2.32. The van der Waals surface area contributed by atoms with Crippen molar-refractivity contribution in [3.8, 4) is 5.75 Å². The van der Waals surface area contributed by atoms with Gasteiger partial charge in [-0.05, 0) is 92.0 Å². The van der Waals surface area contributed by atoms with Gasteiger partial charge in [0.1, 0.15) is 12.4 Å². The van der Waals surface area contributed by atoms with Crippen molar-refractivity contribution in [3.05, 3.63) is 128 Å². The number of rotatable bonds is 7. The third-order valence-electron chi connectivity index (χ3n) is 6.33. The summed E-state index contributed by atoms with van der Waals surface area (Å²) in [7, 11) is 1.35. The molecule has 1 aliphatic rings. The summed E-state index contributed by atoms with van der Waals surface area (Å²) < 4.78 is 15.2. The van der Waals surface area contributed by atoms with Gasteiger partial charge in [-0.1, -0.05) is 66.8 Å². The Labute approximate surface area is 251 Å². The van der Waals surface area contributed by atoms with E-state index in [-0.39, 0.29) is 5.56 Å². The van der Waals surface area contributed by atoms with Crippen LogP contribution in [0.5, 0.6) is 5.75 Å². The number of carbonyl (C=O) groups excluding carboxylic acids is 1. The first-order valence-electron chi connectivity index (χ1n) is 12.2. The molecular weight excluding hydrogens is 691 g/mol. The second-order valence-corrected chi connectivity index (χ2v) is 11.9. The van der Waals surface area contributed by atoms with Crippen LogP contribution in [-0.4, -0.2) is 17.6 Å². The molecule has 2 heterocycles. The van der Waals surface area contributed by atoms with Gasteiger partial charge in [-0.2, -0.15) is 0 Å². The number of carbonyl (C=O) groups is 1. The van der Waals surface area contributed by atoms with Crippen LogP contribution in [0.4, 0.5) is 0 Å². The topological polar surface area (TPSA) is 69.9 Å². The molecule has 9 heteroatoms. The zero-order chi connectivity index (χ0) is 27.5. The molecule has 6 nitrogen and oxygen atoms in total. The fourth-order valence-corrected chi connectivity index (χ4v) is 6.32. The van der Waals surface area contributed by atoms with Crippen molar-refractivity contribution in [2.75, 3.05) is 7.11 Å². The van der Waals surface area contributed by atoms with Crippen LogP contribution >= 0.6 is 49.9 Å². The second-order valence-electron chi connectivity index (χ2n) is 8.80. The quantitative estimate of drug-likeness (QED) is 0.181. The minimum Gasteiger partial charge on any atom is -0.488 e. The zero-order valence-corrected chi connectivity index (χ0v) is 25.7. The molecular formula is C30H24BrIN2O4S. The molecule has 3 aromatic carbocycles. The predicted molar refractivity (Wildman–Crippen MR) is 164 cm³/mol. The second kappa shape index (κ2) is 12.0. The van der Waals surface area contributed by atoms with Gasteiger partial charge < -0.3 is 9.47 Å². The molecule has 0 saturated heterocycles. The summed E-state index contributed by atoms with van der Waals surface area (Å²) >= 11 is 7.19. The van der Waals surface area contributed by atoms with Crippen LogP contribution in [0.3, 0.4) is 0 Å². The maximum absolute atomic E-state index is 13.8. The molecule has 0 aliphatic carbocycles. The van der Waals surface area contributed by atoms with Crippen LogP contribution in [0.2, 0.25) is 0 Å². The maximum Gasteiger partial charge on any atom is 0.338 e. The van der Waals surface area contributed by atoms with Crippen molar-refractivity contribution in [2.24, 2.45) is 4.99 Å². The monoisotopic (exact) mass is 714 g/mol. The minimum atomic E-state index is -0.615. The van der Waals surface area contributed by atoms with Gasteiger partial charge in [0.2, 0.25) is 0 Å². The lowest BCUT2D eigenvalue weighted by molar-refractivity contribution is -0.136. The molecule has 1 aliphatic heterocycles. The number of aromatic nitrogens is 1. The molecule has 0 saturated carbocycles. The van der Waals surface area contributed by atoms with Gasteiger partial charge in [-0.25, -0.2) is 9.79 Å². The van der Waals surface area contributed by atoms with E-state index in [1.54, 1.807) is 4.57 Å². The summed E-state index contributed by atoms with van der Waals surface area (Å²) in [5.41, 5.74) is 3.55. The molecule has 1 aromatic heterocycles. The van der Waals surface area contributed by atoms with Crippen LogP contribution in [0, 0.1) is 3.57 Å². The molecule has 1 atom stereocenters. The summed E-state index contributed by atoms with van der Waals surface area (Å²) in [6.07, 6.45) is 2.38. The van der Waals surface area contributed by atoms with E-state index in [1.165, 1.54) is 22.0 Å². The number of fused-ring (bicyclic) bond motifs is 1. The zero-order valence-electron chi connectivity index (χ0n) is 21.2. The van der Waals surface area contributed by atoms with E-state index in [2.05, 4.69) is 38.5 Å². The number of halogens is 2. The molecule has 198 valence electrons. The largest absolute Gasteiger partial charge is 0.488 e. The first kappa shape index (κ1) is 27.5. The molecule has 0 bridgehead atoms. The van der Waals surface area contributed by atoms with Crippen LogP contribution in [0.15, 0.2) is 98.3 Å². The van der Waals surface area contributed by atoms with Gasteiger partial charge in [-0.15, -0.1) is 0 Å². The molecule has 0 unspecified atom stereocenters. The molecule has 0 N–H and O–H groups in total. The molecule has 0 fully saturated rings. The van der Waals surface area contributed by atoms with Crippen molar-refractivity contribution in [1.29, 1.82) is 0 Å². The fourth-order valence-electron chi connectivity index (χ4n) is 4.43. The highest BCUT2D eigenvalue weighted by atomic mass is 127. The number of nitrogens with zero attached hydrogens (tertiary/aromatic N) is 2. The summed E-state index contributed by atoms with van der Waals surface area (Å²) in [6, 6.07) is 22.8. The normalized spacial score (nSPS) is 15.1. The fraction of sp³-hybridized carbons (Fsp3) is 0.167. The first-order valence-corrected chi connectivity index (χ1v) is 14.9. The molecule has 0 spiro atoms. The van der Waals surface area contributed by atoms with Gasteiger partial charge in [0, 0.05) is 3.57 Å². The lowest BCUT2D eigenvalue weighted by Gasteiger charge is -2.25. The third kappa shape index (κ3) is 5.80. The number of allylic oxidation sites excluding steroid dienone is 1. The van der Waals surface area contributed by atoms with Gasteiger partial charge in [0.15, 0.2) is 4.80 Å². The number of hydrogen-bond acceptors (Lipinski definition) is 6. The third-order valence-corrected chi connectivity index (χ3v) is 8.65. The number of benzene rings is 3. The predicted octanol–water partition coefficient (Wildman–Crippen LogP) is 5.74. The Bertz CT molecular complexity index is 1740. The highest BCUT2D eigenvalue weighted by Gasteiger charge is 2.33. The van der Waals surface area contributed by atoms with Crippen molar-refractivity contribution < 1.29 is 14.3 Å². The van der Waals surface area contributed by atoms with Gasteiger partial charge in [0.25, 0.3) is 5.56 Å². The summed E-state index contributed by atoms with van der Waals surface area (Å²) in [6.45, 7) is 2.40. The Morgan fingerprint density at radius 1 is 1.13 bits per heavy atom. The molecule has 4 aromatic rings. The smallest absolute Gasteiger partial charge is 0.338 e. The molecule has 0 amide bonds. The number of methoxy groups -OCH3 is 1. The van der Waals surface area contributed by atoms with E-state index < -0.39 is 12.0 Å². The van der Waals surface area contributed by atoms with Crippen LogP contribution in [0.25, 0.3) is 6.08 Å². The van der Waals surface area contributed by atoms with Gasteiger partial charge in [-0.3, -0.25) is 9.36 Å². The molecule has 0 radical (unpaired) electrons. The summed E-state index contributed by atoms with van der Waals surface area (Å²) in [5.74, 6) is 0.232. The maximum atomic E-state index is 13.8. The Morgan fingerprint density at radius 2 is 1.87 bits per heavy atom. The van der Waals surface area contributed by atoms with E-state index in [1.807, 2.05) is 85.8 Å². The summed E-state index contributed by atoms with van der Waals surface area (Å²) in [5, 5.41) is 0. The Kier molecular flexibility index (Phi) is 8.49. The van der Waals surface area contributed by atoms with Crippen LogP contribution < -0.4 is 19.6 Å². The number of esters is 1. The minimum absolute atomic E-state index is 0.209. The van der Waals surface area contributed by atoms with Crippen molar-refractivity contribution in [2.45, 2.75) is 26.0 Å². The standard InChI is InChI=1S/C30H24BrIN2O4S/c1-3-23-26(29(36)37-2)27(20-7-5-4-6-8-20)34-28(35)25(39-30(34)33-23)16-19-11-14-24(22(31)15-19)38-17-18-9-12-21(32)13-10-18/h4-16,27H,3,17H2,1-2H3/b25-16-/t27-/m1/s1. The van der Waals surface area contributed by atoms with E-state index in [4.69, 9.17) is 14.5 Å². The van der Waals surface area contributed by atoms with E-state index in [0.717, 1.165) is 21.2 Å². The van der Waals surface area contributed by atoms with Crippen molar-refractivity contribution in [1.82, 2.24) is 4.57 Å². The summed E-state index contributed by atoms with van der Waals surface area (Å²) in [4.78, 5) is 31.9. The van der Waals surface area contributed by atoms with Gasteiger partial charge in [0.05, 0.1) is 33.4 Å². The number of ether oxygens (including phenoxy) is 2. The lowest BCUT2D eigenvalue weighted by atomic mass is 9.95. The van der Waals surface area contributed by atoms with Crippen molar-refractivity contribution >= 4 is 61.9 Å². The van der Waals surface area contributed by atoms with Gasteiger partial charge >= 0.3 is 5.97 Å². The molecule has 39 heavy (non-hydrogen) atoms. The van der Waals surface area contributed by atoms with Crippen LogP contribution in [0.1, 0.15) is 36.1 Å². The van der Waals surface area contributed by atoms with Crippen molar-refractivity contribution in [3.63, 3.8) is 0 Å². The van der Waals surface area contributed by atoms with E-state index >= 15 is 0 Å². The van der Waals surface area contributed by atoms with E-state index in [9.17, 15) is 9.59 Å². The highest BCUT2D eigenvalue weighted by molar-refractivity contribution is 14.1. The Hall–Kier alpha value is -3.02.